The van der Waals surface area contributed by atoms with Crippen LogP contribution in [0.15, 0.2) is 24.4 Å². The van der Waals surface area contributed by atoms with E-state index in [0.29, 0.717) is 6.54 Å². The number of aryl methyl sites for hydroxylation is 1. The largest absolute Gasteiger partial charge is 0.482 e. The summed E-state index contributed by atoms with van der Waals surface area (Å²) in [6, 6.07) is 5.77. The summed E-state index contributed by atoms with van der Waals surface area (Å²) in [5.41, 5.74) is 1.53. The Labute approximate surface area is 123 Å². The van der Waals surface area contributed by atoms with Gasteiger partial charge in [0.2, 0.25) is 0 Å². The molecule has 1 aromatic carbocycles. The van der Waals surface area contributed by atoms with Crippen LogP contribution < -0.4 is 9.64 Å². The van der Waals surface area contributed by atoms with E-state index in [1.54, 1.807) is 22.8 Å². The number of nitrogens with zero attached hydrogens (tertiary/aromatic N) is 4. The highest BCUT2D eigenvalue weighted by molar-refractivity contribution is 14.1. The van der Waals surface area contributed by atoms with Crippen LogP contribution in [0.25, 0.3) is 0 Å². The van der Waals surface area contributed by atoms with E-state index in [4.69, 9.17) is 4.74 Å². The lowest BCUT2D eigenvalue weighted by Crippen LogP contribution is -2.38. The molecular weight excluding hydrogens is 359 g/mol. The van der Waals surface area contributed by atoms with E-state index < -0.39 is 0 Å². The van der Waals surface area contributed by atoms with E-state index in [1.807, 2.05) is 18.2 Å². The lowest BCUT2D eigenvalue weighted by Gasteiger charge is -2.28. The van der Waals surface area contributed by atoms with Crippen molar-refractivity contribution in [2.45, 2.75) is 6.54 Å². The Kier molecular flexibility index (Phi) is 3.13. The first-order chi connectivity index (χ1) is 9.13. The Bertz CT molecular complexity index is 640. The number of fused-ring (bicyclic) bond motifs is 1. The molecule has 1 aliphatic heterocycles. The second-order valence-corrected chi connectivity index (χ2v) is 5.51. The van der Waals surface area contributed by atoms with Gasteiger partial charge in [0.15, 0.2) is 6.61 Å². The summed E-state index contributed by atoms with van der Waals surface area (Å²) in [4.78, 5) is 13.7. The maximum atomic E-state index is 12.0. The van der Waals surface area contributed by atoms with Crippen LogP contribution in [0.4, 0.5) is 5.69 Å². The van der Waals surface area contributed by atoms with Gasteiger partial charge < -0.3 is 4.74 Å². The molecule has 98 valence electrons. The van der Waals surface area contributed by atoms with Gasteiger partial charge in [-0.2, -0.15) is 0 Å². The molecule has 0 aliphatic carbocycles. The summed E-state index contributed by atoms with van der Waals surface area (Å²) < 4.78 is 8.15. The summed E-state index contributed by atoms with van der Waals surface area (Å²) in [5, 5.41) is 7.89. The predicted octanol–water partition coefficient (Wildman–Crippen LogP) is 1.35. The molecule has 0 spiro atoms. The fourth-order valence-corrected chi connectivity index (χ4v) is 2.44. The smallest absolute Gasteiger partial charge is 0.265 e. The first-order valence-corrected chi connectivity index (χ1v) is 6.79. The Morgan fingerprint density at radius 1 is 1.47 bits per heavy atom. The van der Waals surface area contributed by atoms with Crippen LogP contribution in [-0.4, -0.2) is 27.5 Å². The van der Waals surface area contributed by atoms with Crippen molar-refractivity contribution in [2.24, 2.45) is 7.05 Å². The molecule has 0 fully saturated rings. The minimum Gasteiger partial charge on any atom is -0.482 e. The van der Waals surface area contributed by atoms with Crippen molar-refractivity contribution in [3.8, 4) is 5.75 Å². The molecule has 6 nitrogen and oxygen atoms in total. The third kappa shape index (κ3) is 2.42. The highest BCUT2D eigenvalue weighted by Crippen LogP contribution is 2.34. The SMILES string of the molecule is Cn1cc(CN2C(=O)COc3cc(I)ccc32)nn1. The maximum Gasteiger partial charge on any atom is 0.265 e. The Balaban J connectivity index is 1.94. The monoisotopic (exact) mass is 370 g/mol. The number of carbonyl (C=O) groups is 1. The Hall–Kier alpha value is -1.64. The zero-order chi connectivity index (χ0) is 13.4. The van der Waals surface area contributed by atoms with Gasteiger partial charge in [0.25, 0.3) is 5.91 Å². The number of carbonyl (C=O) groups excluding carboxylic acids is 1. The third-order valence-corrected chi connectivity index (χ3v) is 3.51. The van der Waals surface area contributed by atoms with Crippen LogP contribution in [-0.2, 0) is 18.4 Å². The molecule has 3 rings (SSSR count). The molecule has 0 bridgehead atoms. The van der Waals surface area contributed by atoms with E-state index in [1.165, 1.54) is 0 Å². The number of rotatable bonds is 2. The molecule has 2 heterocycles. The summed E-state index contributed by atoms with van der Waals surface area (Å²) in [5.74, 6) is 0.662. The van der Waals surface area contributed by atoms with Crippen molar-refractivity contribution in [3.63, 3.8) is 0 Å². The molecule has 0 N–H and O–H groups in total. The second kappa shape index (κ2) is 4.80. The molecule has 1 amide bonds. The van der Waals surface area contributed by atoms with Crippen molar-refractivity contribution in [2.75, 3.05) is 11.5 Å². The predicted molar refractivity (Wildman–Crippen MR) is 76.8 cm³/mol. The third-order valence-electron chi connectivity index (χ3n) is 2.84. The van der Waals surface area contributed by atoms with E-state index in [2.05, 4.69) is 32.9 Å². The maximum absolute atomic E-state index is 12.0. The zero-order valence-electron chi connectivity index (χ0n) is 10.2. The molecule has 1 aromatic heterocycles. The van der Waals surface area contributed by atoms with E-state index in [-0.39, 0.29) is 12.5 Å². The van der Waals surface area contributed by atoms with Crippen LogP contribution in [0.3, 0.4) is 0 Å². The number of hydrogen-bond donors (Lipinski definition) is 0. The average Bonchev–Trinajstić information content (AvgIpc) is 2.78. The van der Waals surface area contributed by atoms with E-state index in [0.717, 1.165) is 20.7 Å². The fourth-order valence-electron chi connectivity index (χ4n) is 1.98. The van der Waals surface area contributed by atoms with Gasteiger partial charge >= 0.3 is 0 Å². The van der Waals surface area contributed by atoms with Gasteiger partial charge in [-0.25, -0.2) is 0 Å². The second-order valence-electron chi connectivity index (χ2n) is 4.26. The summed E-state index contributed by atoms with van der Waals surface area (Å²) >= 11 is 2.22. The van der Waals surface area contributed by atoms with E-state index in [9.17, 15) is 4.79 Å². The minimum absolute atomic E-state index is 0.0629. The summed E-state index contributed by atoms with van der Waals surface area (Å²) in [6.07, 6.45) is 1.80. The minimum atomic E-state index is -0.0700. The Morgan fingerprint density at radius 2 is 2.32 bits per heavy atom. The van der Waals surface area contributed by atoms with E-state index >= 15 is 0 Å². The van der Waals surface area contributed by atoms with Crippen LogP contribution in [0.2, 0.25) is 0 Å². The Morgan fingerprint density at radius 3 is 3.05 bits per heavy atom. The van der Waals surface area contributed by atoms with Gasteiger partial charge in [-0.15, -0.1) is 5.10 Å². The van der Waals surface area contributed by atoms with Gasteiger partial charge in [-0.3, -0.25) is 14.4 Å². The van der Waals surface area contributed by atoms with Gasteiger partial charge in [0.05, 0.1) is 12.2 Å². The molecule has 7 heteroatoms. The van der Waals surface area contributed by atoms with Crippen LogP contribution in [0, 0.1) is 3.57 Å². The van der Waals surface area contributed by atoms with Gasteiger partial charge in [0, 0.05) is 16.8 Å². The molecule has 0 saturated heterocycles. The molecule has 2 aromatic rings. The molecule has 1 aliphatic rings. The lowest BCUT2D eigenvalue weighted by molar-refractivity contribution is -0.121. The molecule has 0 radical (unpaired) electrons. The molecule has 0 unspecified atom stereocenters. The quantitative estimate of drug-likeness (QED) is 0.749. The number of aromatic nitrogens is 3. The molecule has 19 heavy (non-hydrogen) atoms. The number of ether oxygens (including phenoxy) is 1. The first-order valence-electron chi connectivity index (χ1n) is 5.71. The van der Waals surface area contributed by atoms with Crippen molar-refractivity contribution < 1.29 is 9.53 Å². The molecule has 0 atom stereocenters. The van der Waals surface area contributed by atoms with Gasteiger partial charge in [-0.1, -0.05) is 5.21 Å². The van der Waals surface area contributed by atoms with Crippen molar-refractivity contribution >= 4 is 34.2 Å². The molecular formula is C12H11IN4O2. The van der Waals surface area contributed by atoms with Gasteiger partial charge in [-0.05, 0) is 40.8 Å². The fraction of sp³-hybridized carbons (Fsp3) is 0.250. The van der Waals surface area contributed by atoms with Crippen molar-refractivity contribution in [1.82, 2.24) is 15.0 Å². The van der Waals surface area contributed by atoms with Gasteiger partial charge in [0.1, 0.15) is 11.4 Å². The lowest BCUT2D eigenvalue weighted by atomic mass is 10.2. The number of hydrogen-bond acceptors (Lipinski definition) is 4. The number of benzene rings is 1. The summed E-state index contributed by atoms with van der Waals surface area (Å²) in [6.45, 7) is 0.469. The number of halogens is 1. The first kappa shape index (κ1) is 12.4. The highest BCUT2D eigenvalue weighted by atomic mass is 127. The van der Waals surface area contributed by atoms with Crippen LogP contribution in [0.5, 0.6) is 5.75 Å². The number of anilines is 1. The van der Waals surface area contributed by atoms with Crippen LogP contribution >= 0.6 is 22.6 Å². The van der Waals surface area contributed by atoms with Crippen LogP contribution in [0.1, 0.15) is 5.69 Å². The highest BCUT2D eigenvalue weighted by Gasteiger charge is 2.26. The number of amides is 1. The standard InChI is InChI=1S/C12H11IN4O2/c1-16-5-9(14-15-16)6-17-10-3-2-8(13)4-11(10)19-7-12(17)18/h2-5H,6-7H2,1H3. The topological polar surface area (TPSA) is 60.2 Å². The summed E-state index contributed by atoms with van der Waals surface area (Å²) in [7, 11) is 1.80. The zero-order valence-corrected chi connectivity index (χ0v) is 12.4. The normalized spacial score (nSPS) is 14.2. The van der Waals surface area contributed by atoms with Crippen molar-refractivity contribution in [3.05, 3.63) is 33.7 Å². The molecule has 0 saturated carbocycles. The average molecular weight is 370 g/mol. The van der Waals surface area contributed by atoms with Crippen molar-refractivity contribution in [1.29, 1.82) is 0 Å².